The molecule has 3 N–H and O–H groups in total. The predicted octanol–water partition coefficient (Wildman–Crippen LogP) is 4.52. The van der Waals surface area contributed by atoms with Crippen molar-refractivity contribution >= 4 is 29.2 Å². The molecule has 0 aliphatic carbocycles. The van der Waals surface area contributed by atoms with Gasteiger partial charge in [0.25, 0.3) is 5.91 Å². The number of anilines is 1. The van der Waals surface area contributed by atoms with Crippen molar-refractivity contribution < 1.29 is 18.0 Å². The Bertz CT molecular complexity index is 1030. The van der Waals surface area contributed by atoms with Crippen LogP contribution in [0, 0.1) is 0 Å². The number of halogens is 4. The first-order chi connectivity index (χ1) is 14.3. The second-order valence-electron chi connectivity index (χ2n) is 6.19. The van der Waals surface area contributed by atoms with Crippen LogP contribution in [0.4, 0.5) is 18.9 Å². The van der Waals surface area contributed by atoms with Crippen molar-refractivity contribution in [2.24, 2.45) is 4.99 Å². The summed E-state index contributed by atoms with van der Waals surface area (Å²) in [6, 6.07) is 11.1. The van der Waals surface area contributed by atoms with Gasteiger partial charge in [0, 0.05) is 35.4 Å². The van der Waals surface area contributed by atoms with Gasteiger partial charge < -0.3 is 10.3 Å². The zero-order chi connectivity index (χ0) is 21.6. The van der Waals surface area contributed by atoms with Crippen LogP contribution in [0.5, 0.6) is 0 Å². The Morgan fingerprint density at radius 3 is 2.67 bits per heavy atom. The van der Waals surface area contributed by atoms with E-state index in [0.29, 0.717) is 11.4 Å². The van der Waals surface area contributed by atoms with Gasteiger partial charge in [-0.3, -0.25) is 15.1 Å². The molecule has 1 aromatic heterocycles. The molecule has 6 nitrogen and oxygen atoms in total. The summed E-state index contributed by atoms with van der Waals surface area (Å²) in [7, 11) is 0. The third-order valence-electron chi connectivity index (χ3n) is 4.01. The van der Waals surface area contributed by atoms with Crippen LogP contribution in [-0.4, -0.2) is 28.4 Å². The lowest BCUT2D eigenvalue weighted by Gasteiger charge is -2.16. The molecule has 10 heteroatoms. The summed E-state index contributed by atoms with van der Waals surface area (Å²) < 4.78 is 39.9. The number of aromatic nitrogens is 2. The summed E-state index contributed by atoms with van der Waals surface area (Å²) in [5.41, 5.74) is -0.0513. The van der Waals surface area contributed by atoms with E-state index >= 15 is 0 Å². The van der Waals surface area contributed by atoms with Crippen molar-refractivity contribution in [1.29, 1.82) is 0 Å². The van der Waals surface area contributed by atoms with Crippen LogP contribution in [0.3, 0.4) is 0 Å². The van der Waals surface area contributed by atoms with Gasteiger partial charge in [-0.05, 0) is 30.3 Å². The Hall–Kier alpha value is -3.33. The zero-order valence-corrected chi connectivity index (χ0v) is 16.3. The van der Waals surface area contributed by atoms with Gasteiger partial charge in [-0.1, -0.05) is 29.8 Å². The Kier molecular flexibility index (Phi) is 6.73. The van der Waals surface area contributed by atoms with E-state index in [2.05, 4.69) is 25.6 Å². The molecular weight excluding hydrogens is 419 g/mol. The number of amides is 1. The second kappa shape index (κ2) is 9.45. The molecule has 0 unspecified atom stereocenters. The van der Waals surface area contributed by atoms with Gasteiger partial charge in [-0.2, -0.15) is 13.2 Å². The van der Waals surface area contributed by atoms with Crippen LogP contribution in [-0.2, 0) is 12.6 Å². The lowest BCUT2D eigenvalue weighted by Crippen LogP contribution is -2.36. The number of hydrogen-bond acceptors (Lipinski definition) is 3. The number of nitrogens with one attached hydrogen (secondary N) is 3. The van der Waals surface area contributed by atoms with E-state index in [0.717, 1.165) is 11.8 Å². The number of imidazole rings is 1. The van der Waals surface area contributed by atoms with Crippen LogP contribution >= 0.6 is 11.6 Å². The van der Waals surface area contributed by atoms with Crippen molar-refractivity contribution in [1.82, 2.24) is 15.3 Å². The lowest BCUT2D eigenvalue weighted by molar-refractivity contribution is -0.136. The maximum absolute atomic E-state index is 13.3. The lowest BCUT2D eigenvalue weighted by atomic mass is 10.1. The van der Waals surface area contributed by atoms with Crippen molar-refractivity contribution in [3.05, 3.63) is 82.9 Å². The number of benzene rings is 2. The number of alkyl halides is 3. The molecule has 0 bridgehead atoms. The molecule has 1 amide bonds. The SMILES string of the molecule is O=C(NC(=NCCc1cnc[nH]1)Nc1ccccc1C(F)(F)F)c1cccc(Cl)c1. The minimum Gasteiger partial charge on any atom is -0.348 e. The number of nitrogens with zero attached hydrogens (tertiary/aromatic N) is 2. The summed E-state index contributed by atoms with van der Waals surface area (Å²) in [5, 5.41) is 5.46. The van der Waals surface area contributed by atoms with Gasteiger partial charge in [-0.15, -0.1) is 0 Å². The molecule has 30 heavy (non-hydrogen) atoms. The molecular formula is C20H17ClF3N5O. The van der Waals surface area contributed by atoms with Gasteiger partial charge in [0.2, 0.25) is 5.96 Å². The van der Waals surface area contributed by atoms with E-state index in [1.165, 1.54) is 36.7 Å². The van der Waals surface area contributed by atoms with Crippen molar-refractivity contribution in [2.45, 2.75) is 12.6 Å². The first-order valence-corrected chi connectivity index (χ1v) is 9.22. The number of carbonyl (C=O) groups is 1. The molecule has 0 saturated carbocycles. The fraction of sp³-hybridized carbons (Fsp3) is 0.150. The highest BCUT2D eigenvalue weighted by atomic mass is 35.5. The number of aliphatic imine (C=N–C) groups is 1. The maximum atomic E-state index is 13.3. The number of H-pyrrole nitrogens is 1. The average Bonchev–Trinajstić information content (AvgIpc) is 3.21. The normalized spacial score (nSPS) is 11.9. The molecule has 3 aromatic rings. The highest BCUT2D eigenvalue weighted by Gasteiger charge is 2.33. The van der Waals surface area contributed by atoms with Crippen molar-refractivity contribution in [3.8, 4) is 0 Å². The molecule has 2 aromatic carbocycles. The molecule has 0 fully saturated rings. The Morgan fingerprint density at radius 1 is 1.17 bits per heavy atom. The third kappa shape index (κ3) is 5.84. The predicted molar refractivity (Wildman–Crippen MR) is 109 cm³/mol. The Labute approximate surface area is 175 Å². The second-order valence-corrected chi connectivity index (χ2v) is 6.63. The summed E-state index contributed by atoms with van der Waals surface area (Å²) in [6.07, 6.45) is -0.981. The van der Waals surface area contributed by atoms with Crippen molar-refractivity contribution in [2.75, 3.05) is 11.9 Å². The van der Waals surface area contributed by atoms with Gasteiger partial charge in [-0.25, -0.2) is 4.98 Å². The topological polar surface area (TPSA) is 82.2 Å². The molecule has 156 valence electrons. The smallest absolute Gasteiger partial charge is 0.348 e. The first-order valence-electron chi connectivity index (χ1n) is 8.85. The largest absolute Gasteiger partial charge is 0.418 e. The standard InChI is InChI=1S/C20H17ClF3N5O/c21-14-5-3-4-13(10-14)18(30)29-19(26-9-8-15-11-25-12-27-15)28-17-7-2-1-6-16(17)20(22,23)24/h1-7,10-12H,8-9H2,(H,25,27)(H2,26,28,29,30). The van der Waals surface area contributed by atoms with Gasteiger partial charge in [0.05, 0.1) is 17.6 Å². The van der Waals surface area contributed by atoms with Crippen LogP contribution in [0.1, 0.15) is 21.6 Å². The third-order valence-corrected chi connectivity index (χ3v) is 4.25. The highest BCUT2D eigenvalue weighted by molar-refractivity contribution is 6.31. The number of carbonyl (C=O) groups excluding carboxylic acids is 1. The highest BCUT2D eigenvalue weighted by Crippen LogP contribution is 2.34. The minimum absolute atomic E-state index is 0.115. The molecule has 0 spiro atoms. The quantitative estimate of drug-likeness (QED) is 0.407. The molecule has 3 rings (SSSR count). The van der Waals surface area contributed by atoms with E-state index in [9.17, 15) is 18.0 Å². The van der Waals surface area contributed by atoms with Gasteiger partial charge >= 0.3 is 6.18 Å². The Morgan fingerprint density at radius 2 is 1.97 bits per heavy atom. The van der Waals surface area contributed by atoms with Crippen LogP contribution in [0.25, 0.3) is 0 Å². The minimum atomic E-state index is -4.57. The van der Waals surface area contributed by atoms with Crippen LogP contribution in [0.15, 0.2) is 66.0 Å². The van der Waals surface area contributed by atoms with E-state index in [1.807, 2.05) is 0 Å². The fourth-order valence-corrected chi connectivity index (χ4v) is 2.79. The molecule has 0 radical (unpaired) electrons. The molecule has 0 aliphatic heterocycles. The average molecular weight is 436 g/mol. The van der Waals surface area contributed by atoms with E-state index in [1.54, 1.807) is 18.3 Å². The first kappa shape index (κ1) is 21.4. The molecule has 0 aliphatic rings. The van der Waals surface area contributed by atoms with Crippen LogP contribution < -0.4 is 10.6 Å². The summed E-state index contributed by atoms with van der Waals surface area (Å²) in [5.74, 6) is -0.675. The number of guanidine groups is 1. The van der Waals surface area contributed by atoms with Crippen LogP contribution in [0.2, 0.25) is 5.02 Å². The van der Waals surface area contributed by atoms with Crippen molar-refractivity contribution in [3.63, 3.8) is 0 Å². The van der Waals surface area contributed by atoms with Gasteiger partial charge in [0.1, 0.15) is 0 Å². The van der Waals surface area contributed by atoms with Gasteiger partial charge in [0.15, 0.2) is 0 Å². The molecule has 0 saturated heterocycles. The number of hydrogen-bond donors (Lipinski definition) is 3. The molecule has 0 atom stereocenters. The molecule has 1 heterocycles. The monoisotopic (exact) mass is 435 g/mol. The number of rotatable bonds is 5. The summed E-state index contributed by atoms with van der Waals surface area (Å²) >= 11 is 5.91. The number of aromatic amines is 1. The summed E-state index contributed by atoms with van der Waals surface area (Å²) in [4.78, 5) is 23.6. The summed E-state index contributed by atoms with van der Waals surface area (Å²) in [6.45, 7) is 0.203. The Balaban J connectivity index is 1.83. The van der Waals surface area contributed by atoms with E-state index in [-0.39, 0.29) is 23.8 Å². The maximum Gasteiger partial charge on any atom is 0.418 e. The van der Waals surface area contributed by atoms with E-state index in [4.69, 9.17) is 11.6 Å². The fourth-order valence-electron chi connectivity index (χ4n) is 2.60. The zero-order valence-electron chi connectivity index (χ0n) is 15.5. The number of para-hydroxylation sites is 1. The van der Waals surface area contributed by atoms with E-state index < -0.39 is 17.6 Å².